The molecule has 1 aromatic rings. The Bertz CT molecular complexity index is 338. The maximum absolute atomic E-state index is 10.8. The Morgan fingerprint density at radius 1 is 1.53 bits per heavy atom. The number of nitrogens with one attached hydrogen (secondary N) is 1. The molecule has 0 aromatic heterocycles. The molecule has 82 valence electrons. The van der Waals surface area contributed by atoms with Gasteiger partial charge in [-0.05, 0) is 24.1 Å². The smallest absolute Gasteiger partial charge is 0.326 e. The molecule has 0 saturated carbocycles. The van der Waals surface area contributed by atoms with Crippen LogP contribution in [0.2, 0.25) is 0 Å². The SMILES string of the molecule is CCC(Nc1cccc(CO)c1)C(=O)O. The fraction of sp³-hybridized carbons (Fsp3) is 0.364. The van der Waals surface area contributed by atoms with Crippen LogP contribution in [0.25, 0.3) is 0 Å². The van der Waals surface area contributed by atoms with Crippen LogP contribution in [0.1, 0.15) is 18.9 Å². The average Bonchev–Trinajstić information content (AvgIpc) is 2.25. The van der Waals surface area contributed by atoms with Crippen molar-refractivity contribution >= 4 is 11.7 Å². The molecule has 4 nitrogen and oxygen atoms in total. The van der Waals surface area contributed by atoms with Crippen molar-refractivity contribution in [1.82, 2.24) is 0 Å². The van der Waals surface area contributed by atoms with Gasteiger partial charge in [0.05, 0.1) is 6.61 Å². The molecule has 1 rings (SSSR count). The van der Waals surface area contributed by atoms with Crippen LogP contribution in [0, 0.1) is 0 Å². The minimum absolute atomic E-state index is 0.0423. The fourth-order valence-electron chi connectivity index (χ4n) is 1.30. The van der Waals surface area contributed by atoms with Crippen LogP contribution in [-0.4, -0.2) is 22.2 Å². The second-order valence-electron chi connectivity index (χ2n) is 3.30. The van der Waals surface area contributed by atoms with Gasteiger partial charge in [-0.15, -0.1) is 0 Å². The Morgan fingerprint density at radius 3 is 2.80 bits per heavy atom. The zero-order chi connectivity index (χ0) is 11.3. The number of anilines is 1. The minimum atomic E-state index is -0.869. The zero-order valence-electron chi connectivity index (χ0n) is 8.60. The van der Waals surface area contributed by atoms with E-state index in [9.17, 15) is 4.79 Å². The van der Waals surface area contributed by atoms with Crippen molar-refractivity contribution in [2.45, 2.75) is 26.0 Å². The second-order valence-corrected chi connectivity index (χ2v) is 3.30. The quantitative estimate of drug-likeness (QED) is 0.686. The van der Waals surface area contributed by atoms with Gasteiger partial charge in [0.15, 0.2) is 0 Å². The first-order valence-electron chi connectivity index (χ1n) is 4.86. The predicted octanol–water partition coefficient (Wildman–Crippen LogP) is 1.45. The van der Waals surface area contributed by atoms with Gasteiger partial charge in [0.25, 0.3) is 0 Å². The van der Waals surface area contributed by atoms with E-state index in [2.05, 4.69) is 5.32 Å². The molecule has 0 bridgehead atoms. The van der Waals surface area contributed by atoms with Gasteiger partial charge < -0.3 is 15.5 Å². The summed E-state index contributed by atoms with van der Waals surface area (Å²) in [4.78, 5) is 10.8. The maximum Gasteiger partial charge on any atom is 0.326 e. The average molecular weight is 209 g/mol. The highest BCUT2D eigenvalue weighted by atomic mass is 16.4. The molecule has 0 radical (unpaired) electrons. The van der Waals surface area contributed by atoms with Crippen LogP contribution in [0.15, 0.2) is 24.3 Å². The van der Waals surface area contributed by atoms with E-state index in [1.807, 2.05) is 6.92 Å². The topological polar surface area (TPSA) is 69.6 Å². The zero-order valence-corrected chi connectivity index (χ0v) is 8.60. The van der Waals surface area contributed by atoms with Gasteiger partial charge in [0.1, 0.15) is 6.04 Å². The van der Waals surface area contributed by atoms with Crippen LogP contribution < -0.4 is 5.32 Å². The van der Waals surface area contributed by atoms with Crippen LogP contribution in [0.3, 0.4) is 0 Å². The Labute approximate surface area is 88.6 Å². The van der Waals surface area contributed by atoms with Crippen LogP contribution in [-0.2, 0) is 11.4 Å². The molecule has 0 aliphatic rings. The van der Waals surface area contributed by atoms with Crippen LogP contribution >= 0.6 is 0 Å². The monoisotopic (exact) mass is 209 g/mol. The Balaban J connectivity index is 2.74. The molecule has 1 unspecified atom stereocenters. The minimum Gasteiger partial charge on any atom is -0.480 e. The molecule has 0 heterocycles. The summed E-state index contributed by atoms with van der Waals surface area (Å²) in [6.07, 6.45) is 0.513. The lowest BCUT2D eigenvalue weighted by Gasteiger charge is -2.14. The molecule has 0 fully saturated rings. The van der Waals surface area contributed by atoms with Crippen molar-refractivity contribution in [1.29, 1.82) is 0 Å². The Hall–Kier alpha value is -1.55. The number of carbonyl (C=O) groups is 1. The Kier molecular flexibility index (Phi) is 4.12. The number of aliphatic hydroxyl groups excluding tert-OH is 1. The highest BCUT2D eigenvalue weighted by molar-refractivity contribution is 5.77. The lowest BCUT2D eigenvalue weighted by atomic mass is 10.1. The van der Waals surface area contributed by atoms with Crippen molar-refractivity contribution in [3.8, 4) is 0 Å². The summed E-state index contributed by atoms with van der Waals surface area (Å²) in [6, 6.07) is 6.50. The summed E-state index contributed by atoms with van der Waals surface area (Å²) >= 11 is 0. The highest BCUT2D eigenvalue weighted by Gasteiger charge is 2.13. The number of hydrogen-bond donors (Lipinski definition) is 3. The Morgan fingerprint density at radius 2 is 2.27 bits per heavy atom. The largest absolute Gasteiger partial charge is 0.480 e. The van der Waals surface area contributed by atoms with Crippen LogP contribution in [0.5, 0.6) is 0 Å². The molecule has 4 heteroatoms. The number of benzene rings is 1. The summed E-state index contributed by atoms with van der Waals surface area (Å²) in [5.41, 5.74) is 1.48. The van der Waals surface area contributed by atoms with Crippen molar-refractivity contribution < 1.29 is 15.0 Å². The van der Waals surface area contributed by atoms with Gasteiger partial charge in [0.2, 0.25) is 0 Å². The molecule has 15 heavy (non-hydrogen) atoms. The highest BCUT2D eigenvalue weighted by Crippen LogP contribution is 2.12. The number of hydrogen-bond acceptors (Lipinski definition) is 3. The third-order valence-corrected chi connectivity index (χ3v) is 2.16. The first kappa shape index (κ1) is 11.5. The molecule has 1 aromatic carbocycles. The second kappa shape index (κ2) is 5.36. The predicted molar refractivity (Wildman–Crippen MR) is 57.7 cm³/mol. The molecule has 0 spiro atoms. The van der Waals surface area contributed by atoms with Gasteiger partial charge >= 0.3 is 5.97 Å². The van der Waals surface area contributed by atoms with E-state index >= 15 is 0 Å². The van der Waals surface area contributed by atoms with Crippen LogP contribution in [0.4, 0.5) is 5.69 Å². The summed E-state index contributed by atoms with van der Waals surface area (Å²) in [7, 11) is 0. The number of aliphatic hydroxyl groups is 1. The lowest BCUT2D eigenvalue weighted by molar-refractivity contribution is -0.137. The van der Waals surface area contributed by atoms with Gasteiger partial charge in [-0.1, -0.05) is 19.1 Å². The molecule has 3 N–H and O–H groups in total. The van der Waals surface area contributed by atoms with Crippen molar-refractivity contribution in [3.63, 3.8) is 0 Å². The summed E-state index contributed by atoms with van der Waals surface area (Å²) in [5, 5.41) is 20.7. The molecule has 0 saturated heterocycles. The van der Waals surface area contributed by atoms with E-state index in [0.717, 1.165) is 11.3 Å². The van der Waals surface area contributed by atoms with E-state index in [0.29, 0.717) is 6.42 Å². The summed E-state index contributed by atoms with van der Waals surface area (Å²) in [5.74, 6) is -0.869. The van der Waals surface area contributed by atoms with E-state index in [1.165, 1.54) is 0 Å². The fourth-order valence-corrected chi connectivity index (χ4v) is 1.30. The third-order valence-electron chi connectivity index (χ3n) is 2.16. The molecule has 0 aliphatic heterocycles. The van der Waals surface area contributed by atoms with Gasteiger partial charge in [0, 0.05) is 5.69 Å². The molecular formula is C11H15NO3. The number of aliphatic carboxylic acids is 1. The first-order valence-corrected chi connectivity index (χ1v) is 4.86. The maximum atomic E-state index is 10.8. The van der Waals surface area contributed by atoms with Crippen molar-refractivity contribution in [3.05, 3.63) is 29.8 Å². The molecule has 1 atom stereocenters. The first-order chi connectivity index (χ1) is 7.17. The van der Waals surface area contributed by atoms with Crippen molar-refractivity contribution in [2.24, 2.45) is 0 Å². The van der Waals surface area contributed by atoms with E-state index in [4.69, 9.17) is 10.2 Å². The van der Waals surface area contributed by atoms with Gasteiger partial charge in [-0.25, -0.2) is 4.79 Å². The number of carboxylic acid groups (broad SMARTS) is 1. The van der Waals surface area contributed by atoms with E-state index in [1.54, 1.807) is 24.3 Å². The normalized spacial score (nSPS) is 12.1. The summed E-state index contributed by atoms with van der Waals surface area (Å²) in [6.45, 7) is 1.76. The molecule has 0 amide bonds. The summed E-state index contributed by atoms with van der Waals surface area (Å²) < 4.78 is 0. The van der Waals surface area contributed by atoms with Gasteiger partial charge in [-0.3, -0.25) is 0 Å². The number of rotatable bonds is 5. The number of carboxylic acids is 1. The third kappa shape index (κ3) is 3.25. The van der Waals surface area contributed by atoms with E-state index < -0.39 is 12.0 Å². The standard InChI is InChI=1S/C11H15NO3/c1-2-10(11(14)15)12-9-5-3-4-8(6-9)7-13/h3-6,10,12-13H,2,7H2,1H3,(H,14,15). The van der Waals surface area contributed by atoms with Gasteiger partial charge in [-0.2, -0.15) is 0 Å². The lowest BCUT2D eigenvalue weighted by Crippen LogP contribution is -2.28. The molecular weight excluding hydrogens is 194 g/mol. The van der Waals surface area contributed by atoms with Crippen molar-refractivity contribution in [2.75, 3.05) is 5.32 Å². The van der Waals surface area contributed by atoms with E-state index in [-0.39, 0.29) is 6.61 Å². The molecule has 0 aliphatic carbocycles.